The molecule has 0 atom stereocenters. The second kappa shape index (κ2) is 5.53. The van der Waals surface area contributed by atoms with Gasteiger partial charge in [0.25, 0.3) is 5.69 Å². The maximum absolute atomic E-state index is 10.5. The molecule has 1 aromatic heterocycles. The second-order valence-electron chi connectivity index (χ2n) is 3.69. The number of nitrogens with zero attached hydrogens (tertiary/aromatic N) is 4. The van der Waals surface area contributed by atoms with Crippen LogP contribution in [-0.2, 0) is 0 Å². The maximum Gasteiger partial charge on any atom is 0.269 e. The third-order valence-corrected chi connectivity index (χ3v) is 2.53. The monoisotopic (exact) mass is 291 g/mol. The largest absolute Gasteiger partial charge is 0.492 e. The van der Waals surface area contributed by atoms with Crippen LogP contribution in [0.4, 0.5) is 17.2 Å². The Hall–Kier alpha value is -2.68. The number of benzene rings is 1. The maximum atomic E-state index is 10.5. The van der Waals surface area contributed by atoms with Crippen molar-refractivity contribution in [1.82, 2.24) is 9.97 Å². The molecule has 0 aliphatic rings. The first kappa shape index (κ1) is 13.7. The fourth-order valence-corrected chi connectivity index (χ4v) is 1.60. The molecule has 0 fully saturated rings. The van der Waals surface area contributed by atoms with Crippen LogP contribution in [0.25, 0.3) is 0 Å². The topological polar surface area (TPSA) is 128 Å². The molecule has 0 spiro atoms. The van der Waals surface area contributed by atoms with E-state index < -0.39 is 4.92 Å². The average Bonchev–Trinajstić information content (AvgIpc) is 2.38. The SMILES string of the molecule is Nc1nc(S)nc(O)c1/N=C/c1ccc([N+](=O)[O-])cc1. The third kappa shape index (κ3) is 3.01. The molecule has 0 aliphatic carbocycles. The molecular weight excluding hydrogens is 282 g/mol. The number of rotatable bonds is 3. The van der Waals surface area contributed by atoms with Crippen molar-refractivity contribution in [1.29, 1.82) is 0 Å². The molecule has 8 nitrogen and oxygen atoms in total. The van der Waals surface area contributed by atoms with Gasteiger partial charge in [0.15, 0.2) is 16.7 Å². The Bertz CT molecular complexity index is 664. The summed E-state index contributed by atoms with van der Waals surface area (Å²) >= 11 is 3.86. The van der Waals surface area contributed by atoms with Gasteiger partial charge < -0.3 is 10.8 Å². The van der Waals surface area contributed by atoms with Gasteiger partial charge in [0.05, 0.1) is 4.92 Å². The Morgan fingerprint density at radius 2 is 2.00 bits per heavy atom. The van der Waals surface area contributed by atoms with Gasteiger partial charge in [0, 0.05) is 18.3 Å². The Kier molecular flexibility index (Phi) is 3.80. The van der Waals surface area contributed by atoms with Crippen LogP contribution >= 0.6 is 12.6 Å². The number of non-ortho nitro benzene ring substituents is 1. The molecule has 0 saturated heterocycles. The molecule has 102 valence electrons. The van der Waals surface area contributed by atoms with Gasteiger partial charge in [-0.1, -0.05) is 0 Å². The van der Waals surface area contributed by atoms with Crippen molar-refractivity contribution in [2.45, 2.75) is 5.16 Å². The third-order valence-electron chi connectivity index (χ3n) is 2.33. The van der Waals surface area contributed by atoms with Crippen LogP contribution in [0.2, 0.25) is 0 Å². The lowest BCUT2D eigenvalue weighted by Gasteiger charge is -2.02. The van der Waals surface area contributed by atoms with Crippen LogP contribution in [-0.4, -0.2) is 26.2 Å². The fraction of sp³-hybridized carbons (Fsp3) is 0. The van der Waals surface area contributed by atoms with E-state index in [-0.39, 0.29) is 28.2 Å². The van der Waals surface area contributed by atoms with E-state index in [9.17, 15) is 15.2 Å². The molecule has 0 amide bonds. The number of aromatic hydroxyl groups is 1. The van der Waals surface area contributed by atoms with Gasteiger partial charge in [-0.05, 0) is 17.7 Å². The molecule has 0 radical (unpaired) electrons. The van der Waals surface area contributed by atoms with Crippen LogP contribution in [0.1, 0.15) is 5.56 Å². The van der Waals surface area contributed by atoms with E-state index in [0.29, 0.717) is 5.56 Å². The quantitative estimate of drug-likeness (QED) is 0.260. The number of nitro groups is 1. The lowest BCUT2D eigenvalue weighted by molar-refractivity contribution is -0.384. The fourth-order valence-electron chi connectivity index (χ4n) is 1.39. The van der Waals surface area contributed by atoms with Gasteiger partial charge in [-0.2, -0.15) is 4.98 Å². The number of hydrogen-bond donors (Lipinski definition) is 3. The molecule has 0 unspecified atom stereocenters. The standard InChI is InChI=1S/C11H9N5O3S/c12-9-8(10(17)15-11(20)14-9)13-5-6-1-3-7(4-2-6)16(18)19/h1-5H,(H4,12,14,15,17,20)/b13-5+. The minimum absolute atomic E-state index is 0.0133. The summed E-state index contributed by atoms with van der Waals surface area (Å²) in [6.45, 7) is 0. The number of aliphatic imine (C=N–C) groups is 1. The van der Waals surface area contributed by atoms with Crippen molar-refractivity contribution < 1.29 is 10.0 Å². The molecule has 1 heterocycles. The highest BCUT2D eigenvalue weighted by molar-refractivity contribution is 7.80. The lowest BCUT2D eigenvalue weighted by atomic mass is 10.2. The Morgan fingerprint density at radius 3 is 2.55 bits per heavy atom. The highest BCUT2D eigenvalue weighted by atomic mass is 32.1. The zero-order valence-corrected chi connectivity index (χ0v) is 10.9. The minimum Gasteiger partial charge on any atom is -0.492 e. The summed E-state index contributed by atoms with van der Waals surface area (Å²) in [6, 6.07) is 5.72. The van der Waals surface area contributed by atoms with E-state index in [1.165, 1.54) is 30.5 Å². The van der Waals surface area contributed by atoms with Crippen molar-refractivity contribution in [2.75, 3.05) is 5.73 Å². The van der Waals surface area contributed by atoms with Gasteiger partial charge in [0.2, 0.25) is 5.88 Å². The van der Waals surface area contributed by atoms with Crippen LogP contribution in [0.15, 0.2) is 34.4 Å². The predicted molar refractivity (Wildman–Crippen MR) is 75.7 cm³/mol. The molecule has 1 aromatic carbocycles. The predicted octanol–water partition coefficient (Wildman–Crippen LogP) is 1.71. The van der Waals surface area contributed by atoms with E-state index in [1.54, 1.807) is 0 Å². The summed E-state index contributed by atoms with van der Waals surface area (Å²) in [5, 5.41) is 20.1. The van der Waals surface area contributed by atoms with Crippen LogP contribution in [0.3, 0.4) is 0 Å². The van der Waals surface area contributed by atoms with Crippen molar-refractivity contribution >= 4 is 36.0 Å². The Balaban J connectivity index is 2.27. The Labute approximate surface area is 118 Å². The van der Waals surface area contributed by atoms with E-state index in [0.717, 1.165) is 0 Å². The molecular formula is C11H9N5O3S. The van der Waals surface area contributed by atoms with E-state index in [1.807, 2.05) is 0 Å². The van der Waals surface area contributed by atoms with Gasteiger partial charge in [0.1, 0.15) is 0 Å². The average molecular weight is 291 g/mol. The molecule has 20 heavy (non-hydrogen) atoms. The summed E-state index contributed by atoms with van der Waals surface area (Å²) < 4.78 is 0. The smallest absolute Gasteiger partial charge is 0.269 e. The van der Waals surface area contributed by atoms with Crippen LogP contribution < -0.4 is 5.73 Å². The Morgan fingerprint density at radius 1 is 1.35 bits per heavy atom. The second-order valence-corrected chi connectivity index (χ2v) is 4.09. The first-order valence-electron chi connectivity index (χ1n) is 5.31. The summed E-state index contributed by atoms with van der Waals surface area (Å²) in [5.41, 5.74) is 6.18. The van der Waals surface area contributed by atoms with Crippen molar-refractivity contribution in [3.63, 3.8) is 0 Å². The highest BCUT2D eigenvalue weighted by Gasteiger charge is 2.09. The highest BCUT2D eigenvalue weighted by Crippen LogP contribution is 2.29. The molecule has 0 aliphatic heterocycles. The van der Waals surface area contributed by atoms with Gasteiger partial charge in [-0.25, -0.2) is 9.98 Å². The van der Waals surface area contributed by atoms with Gasteiger partial charge in [-0.3, -0.25) is 10.1 Å². The van der Waals surface area contributed by atoms with E-state index >= 15 is 0 Å². The number of nitrogens with two attached hydrogens (primary N) is 1. The van der Waals surface area contributed by atoms with Crippen molar-refractivity contribution in [3.8, 4) is 5.88 Å². The summed E-state index contributed by atoms with van der Waals surface area (Å²) in [7, 11) is 0. The van der Waals surface area contributed by atoms with Crippen LogP contribution in [0, 0.1) is 10.1 Å². The first-order chi connectivity index (χ1) is 9.47. The lowest BCUT2D eigenvalue weighted by Crippen LogP contribution is -1.95. The minimum atomic E-state index is -0.496. The zero-order valence-electron chi connectivity index (χ0n) is 9.96. The van der Waals surface area contributed by atoms with E-state index in [4.69, 9.17) is 5.73 Å². The zero-order chi connectivity index (χ0) is 14.7. The number of thiol groups is 1. The molecule has 3 N–H and O–H groups in total. The van der Waals surface area contributed by atoms with Crippen molar-refractivity contribution in [2.24, 2.45) is 4.99 Å². The van der Waals surface area contributed by atoms with E-state index in [2.05, 4.69) is 27.6 Å². The van der Waals surface area contributed by atoms with Crippen molar-refractivity contribution in [3.05, 3.63) is 39.9 Å². The molecule has 0 saturated carbocycles. The normalized spacial score (nSPS) is 10.8. The van der Waals surface area contributed by atoms with Crippen LogP contribution in [0.5, 0.6) is 5.88 Å². The number of hydrogen-bond acceptors (Lipinski definition) is 8. The summed E-state index contributed by atoms with van der Waals surface area (Å²) in [6.07, 6.45) is 1.39. The molecule has 2 aromatic rings. The summed E-state index contributed by atoms with van der Waals surface area (Å²) in [5.74, 6) is -0.402. The molecule has 2 rings (SSSR count). The number of nitrogen functional groups attached to an aromatic ring is 1. The number of aromatic nitrogens is 2. The first-order valence-corrected chi connectivity index (χ1v) is 5.76. The van der Waals surface area contributed by atoms with Gasteiger partial charge >= 0.3 is 0 Å². The van der Waals surface area contributed by atoms with Gasteiger partial charge in [-0.15, -0.1) is 12.6 Å². The molecule has 9 heteroatoms. The summed E-state index contributed by atoms with van der Waals surface area (Å²) in [4.78, 5) is 21.3. The number of nitro benzene ring substituents is 1. The molecule has 0 bridgehead atoms. The number of anilines is 1.